The first-order valence-corrected chi connectivity index (χ1v) is 7.80. The molecule has 18 heavy (non-hydrogen) atoms. The minimum Gasteiger partial charge on any atom is -0.345 e. The Morgan fingerprint density at radius 1 is 1.39 bits per heavy atom. The highest BCUT2D eigenvalue weighted by atomic mass is 127. The van der Waals surface area contributed by atoms with Gasteiger partial charge in [0.15, 0.2) is 0 Å². The van der Waals surface area contributed by atoms with Crippen LogP contribution in [0.5, 0.6) is 0 Å². The average molecular weight is 400 g/mol. The molecule has 0 spiro atoms. The van der Waals surface area contributed by atoms with Crippen LogP contribution < -0.4 is 5.32 Å². The number of alkyl halides is 1. The van der Waals surface area contributed by atoms with E-state index in [0.29, 0.717) is 16.5 Å². The molecule has 0 heterocycles. The molecule has 2 nitrogen and oxygen atoms in total. The average Bonchev–Trinajstić information content (AvgIpc) is 2.39. The number of rotatable bonds is 5. The summed E-state index contributed by atoms with van der Waals surface area (Å²) in [4.78, 5) is 12.2. The van der Waals surface area contributed by atoms with Gasteiger partial charge in [-0.3, -0.25) is 4.79 Å². The van der Waals surface area contributed by atoms with Crippen LogP contribution >= 0.6 is 45.8 Å². The van der Waals surface area contributed by atoms with Crippen molar-refractivity contribution in [2.75, 3.05) is 5.88 Å². The van der Waals surface area contributed by atoms with Crippen molar-refractivity contribution < 1.29 is 4.79 Å². The maximum atomic E-state index is 12.2. The Kier molecular flexibility index (Phi) is 6.21. The first-order chi connectivity index (χ1) is 8.48. The van der Waals surface area contributed by atoms with Crippen LogP contribution in [0.2, 0.25) is 5.02 Å². The lowest BCUT2D eigenvalue weighted by molar-refractivity contribution is 0.0902. The number of hydrogen-bond acceptors (Lipinski definition) is 1. The summed E-state index contributed by atoms with van der Waals surface area (Å²) >= 11 is 14.1. The Hall–Kier alpha value is -0.0000000000000000555. The second-order valence-electron chi connectivity index (χ2n) is 4.20. The number of amides is 1. The van der Waals surface area contributed by atoms with Gasteiger partial charge in [0.25, 0.3) is 5.91 Å². The molecule has 0 aliphatic carbocycles. The van der Waals surface area contributed by atoms with Gasteiger partial charge >= 0.3 is 0 Å². The lowest BCUT2D eigenvalue weighted by Gasteiger charge is -2.30. The molecule has 0 unspecified atom stereocenters. The zero-order valence-electron chi connectivity index (χ0n) is 10.4. The van der Waals surface area contributed by atoms with Gasteiger partial charge in [0.05, 0.1) is 10.6 Å². The van der Waals surface area contributed by atoms with Crippen LogP contribution in [0.3, 0.4) is 0 Å². The van der Waals surface area contributed by atoms with E-state index in [1.165, 1.54) is 0 Å². The fourth-order valence-corrected chi connectivity index (χ4v) is 2.56. The summed E-state index contributed by atoms with van der Waals surface area (Å²) in [5.74, 6) is 0.279. The predicted octanol–water partition coefficient (Wildman–Crippen LogP) is 4.47. The monoisotopic (exact) mass is 399 g/mol. The third-order valence-corrected chi connectivity index (χ3v) is 5.25. The number of benzene rings is 1. The number of hydrogen-bond donors (Lipinski definition) is 1. The summed E-state index contributed by atoms with van der Waals surface area (Å²) in [7, 11) is 0. The smallest absolute Gasteiger partial charge is 0.251 e. The van der Waals surface area contributed by atoms with E-state index < -0.39 is 0 Å². The zero-order chi connectivity index (χ0) is 13.8. The highest BCUT2D eigenvalue weighted by molar-refractivity contribution is 14.1. The minimum absolute atomic E-state index is 0.127. The molecule has 1 rings (SSSR count). The Labute approximate surface area is 132 Å². The maximum Gasteiger partial charge on any atom is 0.251 e. The standard InChI is InChI=1S/C13H16Cl2INO/c1-3-13(4-2,8-14)17-12(18)9-5-6-11(16)10(15)7-9/h5-7H,3-4,8H2,1-2H3,(H,17,18). The molecule has 0 aliphatic heterocycles. The maximum absolute atomic E-state index is 12.2. The van der Waals surface area contributed by atoms with Crippen molar-refractivity contribution in [1.29, 1.82) is 0 Å². The van der Waals surface area contributed by atoms with Crippen molar-refractivity contribution in [3.8, 4) is 0 Å². The van der Waals surface area contributed by atoms with Crippen molar-refractivity contribution >= 4 is 51.7 Å². The summed E-state index contributed by atoms with van der Waals surface area (Å²) < 4.78 is 0.931. The van der Waals surface area contributed by atoms with Gasteiger partial charge in [-0.2, -0.15) is 0 Å². The van der Waals surface area contributed by atoms with Gasteiger partial charge in [0.2, 0.25) is 0 Å². The number of carbonyl (C=O) groups is 1. The lowest BCUT2D eigenvalue weighted by atomic mass is 9.94. The second kappa shape index (κ2) is 6.96. The van der Waals surface area contributed by atoms with E-state index >= 15 is 0 Å². The van der Waals surface area contributed by atoms with E-state index in [4.69, 9.17) is 23.2 Å². The van der Waals surface area contributed by atoms with E-state index in [1.807, 2.05) is 19.9 Å². The van der Waals surface area contributed by atoms with Gasteiger partial charge in [-0.15, -0.1) is 11.6 Å². The molecule has 1 aromatic carbocycles. The number of nitrogens with one attached hydrogen (secondary N) is 1. The van der Waals surface area contributed by atoms with Crippen LogP contribution in [0.4, 0.5) is 0 Å². The summed E-state index contributed by atoms with van der Waals surface area (Å²) in [5, 5.41) is 3.60. The summed E-state index contributed by atoms with van der Waals surface area (Å²) in [6, 6.07) is 5.29. The largest absolute Gasteiger partial charge is 0.345 e. The Morgan fingerprint density at radius 2 is 2.00 bits per heavy atom. The van der Waals surface area contributed by atoms with Gasteiger partial charge in [-0.1, -0.05) is 25.4 Å². The van der Waals surface area contributed by atoms with Crippen LogP contribution in [0.25, 0.3) is 0 Å². The van der Waals surface area contributed by atoms with Crippen LogP contribution in [-0.4, -0.2) is 17.3 Å². The lowest BCUT2D eigenvalue weighted by Crippen LogP contribution is -2.49. The topological polar surface area (TPSA) is 29.1 Å². The van der Waals surface area contributed by atoms with Crippen LogP contribution in [0, 0.1) is 3.57 Å². The zero-order valence-corrected chi connectivity index (χ0v) is 14.1. The van der Waals surface area contributed by atoms with Crippen molar-refractivity contribution in [2.45, 2.75) is 32.2 Å². The number of carbonyl (C=O) groups excluding carboxylic acids is 1. The molecule has 0 radical (unpaired) electrons. The molecule has 1 aromatic rings. The molecular formula is C13H16Cl2INO. The summed E-state index contributed by atoms with van der Waals surface area (Å²) in [5.41, 5.74) is 0.227. The van der Waals surface area contributed by atoms with E-state index in [2.05, 4.69) is 27.9 Å². The van der Waals surface area contributed by atoms with Gasteiger partial charge in [0.1, 0.15) is 0 Å². The van der Waals surface area contributed by atoms with Gasteiger partial charge in [-0.25, -0.2) is 0 Å². The summed E-state index contributed by atoms with van der Waals surface area (Å²) in [6.45, 7) is 4.04. The molecule has 0 fully saturated rings. The molecule has 100 valence electrons. The van der Waals surface area contributed by atoms with Crippen molar-refractivity contribution in [2.24, 2.45) is 0 Å². The van der Waals surface area contributed by atoms with Crippen LogP contribution in [0.1, 0.15) is 37.0 Å². The van der Waals surface area contributed by atoms with E-state index in [1.54, 1.807) is 12.1 Å². The Morgan fingerprint density at radius 3 is 2.44 bits per heavy atom. The van der Waals surface area contributed by atoms with Crippen molar-refractivity contribution in [3.05, 3.63) is 32.4 Å². The van der Waals surface area contributed by atoms with Gasteiger partial charge < -0.3 is 5.32 Å². The molecule has 5 heteroatoms. The minimum atomic E-state index is -0.339. The fraction of sp³-hybridized carbons (Fsp3) is 0.462. The highest BCUT2D eigenvalue weighted by Gasteiger charge is 2.27. The van der Waals surface area contributed by atoms with Crippen molar-refractivity contribution in [1.82, 2.24) is 5.32 Å². The molecule has 0 aromatic heterocycles. The van der Waals surface area contributed by atoms with E-state index in [0.717, 1.165) is 16.4 Å². The third-order valence-electron chi connectivity index (χ3n) is 3.17. The molecular weight excluding hydrogens is 384 g/mol. The predicted molar refractivity (Wildman–Crippen MR) is 85.7 cm³/mol. The van der Waals surface area contributed by atoms with Crippen LogP contribution in [-0.2, 0) is 0 Å². The van der Waals surface area contributed by atoms with Gasteiger partial charge in [-0.05, 0) is 53.6 Å². The fourth-order valence-electron chi connectivity index (χ4n) is 1.60. The number of halogens is 3. The Bertz CT molecular complexity index is 425. The molecule has 0 aliphatic rings. The normalized spacial score (nSPS) is 11.4. The molecule has 0 atom stereocenters. The first kappa shape index (κ1) is 16.1. The van der Waals surface area contributed by atoms with E-state index in [-0.39, 0.29) is 11.4 Å². The van der Waals surface area contributed by atoms with Crippen molar-refractivity contribution in [3.63, 3.8) is 0 Å². The van der Waals surface area contributed by atoms with Crippen LogP contribution in [0.15, 0.2) is 18.2 Å². The molecule has 0 saturated heterocycles. The molecule has 1 amide bonds. The third kappa shape index (κ3) is 3.75. The first-order valence-electron chi connectivity index (χ1n) is 5.81. The molecule has 1 N–H and O–H groups in total. The summed E-state index contributed by atoms with van der Waals surface area (Å²) in [6.07, 6.45) is 1.60. The molecule has 0 saturated carbocycles. The van der Waals surface area contributed by atoms with E-state index in [9.17, 15) is 4.79 Å². The second-order valence-corrected chi connectivity index (χ2v) is 6.04. The quantitative estimate of drug-likeness (QED) is 0.574. The Balaban J connectivity index is 2.90. The highest BCUT2D eigenvalue weighted by Crippen LogP contribution is 2.21. The van der Waals surface area contributed by atoms with Gasteiger partial charge in [0, 0.05) is 15.0 Å². The molecule has 0 bridgehead atoms. The SMILES string of the molecule is CCC(CC)(CCl)NC(=O)c1ccc(I)c(Cl)c1.